The first-order chi connectivity index (χ1) is 5.75. The van der Waals surface area contributed by atoms with Crippen LogP contribution in [0.2, 0.25) is 0 Å². The van der Waals surface area contributed by atoms with E-state index in [1.807, 2.05) is 19.2 Å². The van der Waals surface area contributed by atoms with E-state index >= 15 is 0 Å². The number of ketones is 1. The summed E-state index contributed by atoms with van der Waals surface area (Å²) in [5.41, 5.74) is 1.75. The Morgan fingerprint density at radius 2 is 2.42 bits per heavy atom. The quantitative estimate of drug-likeness (QED) is 0.667. The fraction of sp³-hybridized carbons (Fsp3) is 0.333. The number of aromatic nitrogens is 1. The predicted octanol–water partition coefficient (Wildman–Crippen LogP) is 1.94. The Kier molecular flexibility index (Phi) is 3.29. The highest BCUT2D eigenvalue weighted by Crippen LogP contribution is 2.08. The van der Waals surface area contributed by atoms with Gasteiger partial charge in [-0.2, -0.15) is 11.8 Å². The van der Waals surface area contributed by atoms with E-state index < -0.39 is 0 Å². The molecule has 0 spiro atoms. The molecule has 0 bridgehead atoms. The molecular weight excluding hydrogens is 170 g/mol. The van der Waals surface area contributed by atoms with Crippen LogP contribution in [0.5, 0.6) is 0 Å². The van der Waals surface area contributed by atoms with E-state index in [1.54, 1.807) is 12.4 Å². The zero-order valence-corrected chi connectivity index (χ0v) is 8.02. The molecule has 0 aliphatic heterocycles. The Labute approximate surface area is 76.4 Å². The molecule has 0 saturated heterocycles. The third kappa shape index (κ3) is 2.08. The summed E-state index contributed by atoms with van der Waals surface area (Å²) in [6.07, 6.45) is 5.25. The van der Waals surface area contributed by atoms with Gasteiger partial charge >= 0.3 is 0 Å². The van der Waals surface area contributed by atoms with Crippen LogP contribution in [0.15, 0.2) is 18.5 Å². The molecule has 0 atom stereocenters. The first-order valence-corrected chi connectivity index (χ1v) is 5.08. The van der Waals surface area contributed by atoms with Crippen molar-refractivity contribution < 1.29 is 4.79 Å². The molecule has 12 heavy (non-hydrogen) atoms. The highest BCUT2D eigenvalue weighted by molar-refractivity contribution is 7.99. The number of thioether (sulfide) groups is 1. The number of hydrogen-bond acceptors (Lipinski definition) is 3. The highest BCUT2D eigenvalue weighted by atomic mass is 32.2. The lowest BCUT2D eigenvalue weighted by atomic mass is 10.1. The number of aryl methyl sites for hydroxylation is 1. The number of pyridine rings is 1. The summed E-state index contributed by atoms with van der Waals surface area (Å²) in [6, 6.07) is 1.85. The van der Waals surface area contributed by atoms with E-state index in [9.17, 15) is 4.79 Å². The van der Waals surface area contributed by atoms with Crippen molar-refractivity contribution in [3.63, 3.8) is 0 Å². The van der Waals surface area contributed by atoms with Crippen LogP contribution in [0, 0.1) is 6.92 Å². The van der Waals surface area contributed by atoms with Gasteiger partial charge in [-0.3, -0.25) is 9.78 Å². The summed E-state index contributed by atoms with van der Waals surface area (Å²) in [6.45, 7) is 1.93. The van der Waals surface area contributed by atoms with Gasteiger partial charge in [-0.05, 0) is 24.8 Å². The van der Waals surface area contributed by atoms with Crippen molar-refractivity contribution in [2.75, 3.05) is 12.0 Å². The smallest absolute Gasteiger partial charge is 0.174 e. The van der Waals surface area contributed by atoms with Gasteiger partial charge in [0.05, 0.1) is 5.75 Å². The fourth-order valence-corrected chi connectivity index (χ4v) is 1.38. The highest BCUT2D eigenvalue weighted by Gasteiger charge is 2.06. The van der Waals surface area contributed by atoms with Crippen molar-refractivity contribution in [1.29, 1.82) is 0 Å². The molecule has 1 rings (SSSR count). The SMILES string of the molecule is CSCC(=O)c1cnccc1C. The van der Waals surface area contributed by atoms with Gasteiger partial charge in [0.15, 0.2) is 5.78 Å². The lowest BCUT2D eigenvalue weighted by Gasteiger charge is -2.01. The van der Waals surface area contributed by atoms with Gasteiger partial charge in [0.1, 0.15) is 0 Å². The molecule has 0 aliphatic carbocycles. The van der Waals surface area contributed by atoms with Crippen LogP contribution in [-0.2, 0) is 0 Å². The van der Waals surface area contributed by atoms with Gasteiger partial charge < -0.3 is 0 Å². The average Bonchev–Trinajstić information content (AvgIpc) is 2.05. The Bertz CT molecular complexity index is 286. The van der Waals surface area contributed by atoms with Crippen LogP contribution in [0.1, 0.15) is 15.9 Å². The molecule has 0 N–H and O–H groups in total. The van der Waals surface area contributed by atoms with Crippen LogP contribution in [0.25, 0.3) is 0 Å². The minimum atomic E-state index is 0.160. The second-order valence-electron chi connectivity index (χ2n) is 2.55. The second-order valence-corrected chi connectivity index (χ2v) is 3.41. The first-order valence-electron chi connectivity index (χ1n) is 3.68. The normalized spacial score (nSPS) is 9.83. The molecule has 0 aliphatic rings. The number of hydrogen-bond donors (Lipinski definition) is 0. The zero-order chi connectivity index (χ0) is 8.97. The Balaban J connectivity index is 2.87. The van der Waals surface area contributed by atoms with E-state index in [2.05, 4.69) is 4.98 Å². The summed E-state index contributed by atoms with van der Waals surface area (Å²) >= 11 is 1.54. The summed E-state index contributed by atoms with van der Waals surface area (Å²) in [5.74, 6) is 0.695. The summed E-state index contributed by atoms with van der Waals surface area (Å²) in [5, 5.41) is 0. The number of Topliss-reactive ketones (excluding diaryl/α,β-unsaturated/α-hetero) is 1. The molecule has 0 amide bonds. The minimum Gasteiger partial charge on any atom is -0.293 e. The van der Waals surface area contributed by atoms with Crippen molar-refractivity contribution in [1.82, 2.24) is 4.98 Å². The Morgan fingerprint density at radius 3 is 3.00 bits per heavy atom. The molecule has 2 nitrogen and oxygen atoms in total. The van der Waals surface area contributed by atoms with Crippen molar-refractivity contribution in [2.45, 2.75) is 6.92 Å². The van der Waals surface area contributed by atoms with Crippen LogP contribution in [0.3, 0.4) is 0 Å². The summed E-state index contributed by atoms with van der Waals surface area (Å²) < 4.78 is 0. The maximum absolute atomic E-state index is 11.4. The topological polar surface area (TPSA) is 30.0 Å². The van der Waals surface area contributed by atoms with E-state index in [0.29, 0.717) is 5.75 Å². The molecule has 0 saturated carbocycles. The monoisotopic (exact) mass is 181 g/mol. The van der Waals surface area contributed by atoms with Crippen molar-refractivity contribution in [2.24, 2.45) is 0 Å². The van der Waals surface area contributed by atoms with E-state index in [4.69, 9.17) is 0 Å². The molecule has 64 valence electrons. The molecule has 0 unspecified atom stereocenters. The zero-order valence-electron chi connectivity index (χ0n) is 7.20. The lowest BCUT2D eigenvalue weighted by Crippen LogP contribution is -2.04. The van der Waals surface area contributed by atoms with E-state index in [-0.39, 0.29) is 5.78 Å². The maximum Gasteiger partial charge on any atom is 0.174 e. The first kappa shape index (κ1) is 9.26. The minimum absolute atomic E-state index is 0.160. The van der Waals surface area contributed by atoms with Crippen LogP contribution in [-0.4, -0.2) is 22.8 Å². The lowest BCUT2D eigenvalue weighted by molar-refractivity contribution is 0.102. The fourth-order valence-electron chi connectivity index (χ4n) is 0.965. The molecule has 0 aromatic carbocycles. The molecular formula is C9H11NOS. The van der Waals surface area contributed by atoms with E-state index in [1.165, 1.54) is 11.8 Å². The second kappa shape index (κ2) is 4.26. The predicted molar refractivity (Wildman–Crippen MR) is 51.7 cm³/mol. The molecule has 3 heteroatoms. The van der Waals surface area contributed by atoms with Crippen molar-refractivity contribution >= 4 is 17.5 Å². The number of nitrogens with zero attached hydrogens (tertiary/aromatic N) is 1. The summed E-state index contributed by atoms with van der Waals surface area (Å²) in [4.78, 5) is 15.3. The van der Waals surface area contributed by atoms with Gasteiger partial charge in [0, 0.05) is 18.0 Å². The molecule has 1 aromatic heterocycles. The van der Waals surface area contributed by atoms with Gasteiger partial charge in [-0.1, -0.05) is 0 Å². The third-order valence-corrected chi connectivity index (χ3v) is 2.17. The van der Waals surface area contributed by atoms with Crippen molar-refractivity contribution in [3.8, 4) is 0 Å². The van der Waals surface area contributed by atoms with Gasteiger partial charge in [0.2, 0.25) is 0 Å². The maximum atomic E-state index is 11.4. The Hall–Kier alpha value is -0.830. The summed E-state index contributed by atoms with van der Waals surface area (Å²) in [7, 11) is 0. The van der Waals surface area contributed by atoms with Crippen molar-refractivity contribution in [3.05, 3.63) is 29.6 Å². The molecule has 0 fully saturated rings. The number of carbonyl (C=O) groups excluding carboxylic acids is 1. The van der Waals surface area contributed by atoms with E-state index in [0.717, 1.165) is 11.1 Å². The largest absolute Gasteiger partial charge is 0.293 e. The van der Waals surface area contributed by atoms with Crippen LogP contribution in [0.4, 0.5) is 0 Å². The number of carbonyl (C=O) groups is 1. The van der Waals surface area contributed by atoms with Gasteiger partial charge in [-0.25, -0.2) is 0 Å². The van der Waals surface area contributed by atoms with Gasteiger partial charge in [0.25, 0.3) is 0 Å². The molecule has 1 aromatic rings. The van der Waals surface area contributed by atoms with Crippen LogP contribution < -0.4 is 0 Å². The average molecular weight is 181 g/mol. The third-order valence-electron chi connectivity index (χ3n) is 1.61. The molecule has 0 radical (unpaired) electrons. The number of rotatable bonds is 3. The standard InChI is InChI=1S/C9H11NOS/c1-7-3-4-10-5-8(7)9(11)6-12-2/h3-5H,6H2,1-2H3. The van der Waals surface area contributed by atoms with Crippen LogP contribution >= 0.6 is 11.8 Å². The van der Waals surface area contributed by atoms with Gasteiger partial charge in [-0.15, -0.1) is 0 Å². The Morgan fingerprint density at radius 1 is 1.67 bits per heavy atom. The molecule has 1 heterocycles.